The van der Waals surface area contributed by atoms with E-state index in [9.17, 15) is 16.4 Å². The molecule has 0 saturated heterocycles. The first-order chi connectivity index (χ1) is 37.8. The maximum atomic E-state index is 9.89. The molecule has 0 atom stereocenters. The third kappa shape index (κ3) is 4.22. The molecular formula is C50H30O. The van der Waals surface area contributed by atoms with E-state index in [2.05, 4.69) is 0 Å². The molecule has 236 valence electrons. The Bertz CT molecular complexity index is 4840. The molecule has 0 aliphatic rings. The average molecular weight is 677 g/mol. The number of benzene rings is 10. The Kier molecular flexibility index (Phi) is 2.50. The molecule has 1 heteroatoms. The van der Waals surface area contributed by atoms with Crippen LogP contribution in [0.3, 0.4) is 0 Å². The molecule has 0 N–H and O–H groups in total. The van der Waals surface area contributed by atoms with Crippen molar-refractivity contribution >= 4 is 75.8 Å². The van der Waals surface area contributed by atoms with Gasteiger partial charge < -0.3 is 4.42 Å². The summed E-state index contributed by atoms with van der Waals surface area (Å²) >= 11 is 0. The summed E-state index contributed by atoms with van der Waals surface area (Å²) in [4.78, 5) is 0. The third-order valence-electron chi connectivity index (χ3n) is 8.56. The van der Waals surface area contributed by atoms with Crippen molar-refractivity contribution in [1.29, 1.82) is 0 Å². The van der Waals surface area contributed by atoms with Crippen LogP contribution in [0.25, 0.3) is 109 Å². The fraction of sp³-hybridized carbons (Fsp3) is 0. The summed E-state index contributed by atoms with van der Waals surface area (Å²) in [5, 5.41) is -7.74. The average Bonchev–Trinajstić information content (AvgIpc) is 3.84. The summed E-state index contributed by atoms with van der Waals surface area (Å²) in [5.41, 5.74) is -5.65. The van der Waals surface area contributed by atoms with Gasteiger partial charge >= 0.3 is 0 Å². The molecule has 11 aromatic rings. The molecular weight excluding hydrogens is 617 g/mol. The maximum absolute atomic E-state index is 9.89. The zero-order valence-electron chi connectivity index (χ0n) is 55.4. The van der Waals surface area contributed by atoms with Gasteiger partial charge in [-0.15, -0.1) is 0 Å². The molecule has 10 aromatic carbocycles. The van der Waals surface area contributed by atoms with Crippen LogP contribution >= 0.6 is 0 Å². The molecule has 11 rings (SSSR count). The molecule has 0 aliphatic heterocycles. The van der Waals surface area contributed by atoms with Crippen molar-refractivity contribution in [2.24, 2.45) is 0 Å². The fourth-order valence-corrected chi connectivity index (χ4v) is 6.41. The van der Waals surface area contributed by atoms with Gasteiger partial charge in [-0.2, -0.15) is 0 Å². The van der Waals surface area contributed by atoms with Gasteiger partial charge in [-0.1, -0.05) is 157 Å². The van der Waals surface area contributed by atoms with E-state index in [-0.39, 0.29) is 0 Å². The van der Waals surface area contributed by atoms with Crippen LogP contribution in [0.5, 0.6) is 0 Å². The van der Waals surface area contributed by atoms with Crippen LogP contribution in [-0.4, -0.2) is 0 Å². The lowest BCUT2D eigenvalue weighted by molar-refractivity contribution is 0.673. The minimum absolute atomic E-state index is 0.428. The van der Waals surface area contributed by atoms with Gasteiger partial charge in [0.1, 0.15) is 11.2 Å². The molecule has 1 aromatic heterocycles. The quantitative estimate of drug-likeness (QED) is 0.170. The second-order valence-electron chi connectivity index (χ2n) is 11.3. The molecule has 0 aliphatic carbocycles. The van der Waals surface area contributed by atoms with E-state index in [1.807, 2.05) is 0 Å². The van der Waals surface area contributed by atoms with Gasteiger partial charge in [0.25, 0.3) is 0 Å². The molecule has 0 bridgehead atoms. The molecule has 0 radical (unpaired) electrons. The number of fused-ring (bicyclic) bond motifs is 9. The number of rotatable bonds is 3. The highest BCUT2D eigenvalue weighted by atomic mass is 16.3. The van der Waals surface area contributed by atoms with Gasteiger partial charge in [-0.3, -0.25) is 0 Å². The highest BCUT2D eigenvalue weighted by Crippen LogP contribution is 2.46. The van der Waals surface area contributed by atoms with E-state index in [4.69, 9.17) is 29.1 Å². The van der Waals surface area contributed by atoms with Crippen molar-refractivity contribution in [3.05, 3.63) is 181 Å². The van der Waals surface area contributed by atoms with E-state index in [1.165, 1.54) is 0 Å². The van der Waals surface area contributed by atoms with Crippen molar-refractivity contribution in [1.82, 2.24) is 0 Å². The van der Waals surface area contributed by atoms with Crippen LogP contribution in [0.2, 0.25) is 0 Å². The lowest BCUT2D eigenvalue weighted by atomic mass is 9.84. The minimum atomic E-state index is -1.10. The SMILES string of the molecule is [2H]c1c([2H])c(-c2c([2H])c([2H])c3c([2H])c(-c4c5c([2H])c([2H])c([2H])c([2H])c5c(-c5c([2H])c([2H])c([2H])c6c([2H])c([2H])c([2H])c([2H])c56)c5c([2H])c([2H])c([2H])c([2H])c45)c([2H])c([2H])c3c2[2H])c2c(oc3c4c([2H])c([2H])c([2H])c([2H])c4c([2H])c([2H])c32)c1[2H]. The molecule has 1 nitrogen and oxygen atoms in total. The lowest BCUT2D eigenvalue weighted by Gasteiger charge is -2.19. The Balaban J connectivity index is 1.36. The van der Waals surface area contributed by atoms with Crippen molar-refractivity contribution < 1.29 is 45.5 Å². The van der Waals surface area contributed by atoms with Crippen molar-refractivity contribution in [2.45, 2.75) is 0 Å². The summed E-state index contributed by atoms with van der Waals surface area (Å²) in [6, 6.07) is -27.9. The Morgan fingerprint density at radius 1 is 0.333 bits per heavy atom. The normalized spacial score (nSPS) is 20.2. The van der Waals surface area contributed by atoms with Crippen LogP contribution in [0.4, 0.5) is 0 Å². The zero-order chi connectivity index (χ0) is 59.6. The van der Waals surface area contributed by atoms with Crippen LogP contribution in [0.15, 0.2) is 186 Å². The lowest BCUT2D eigenvalue weighted by Crippen LogP contribution is -1.91. The second kappa shape index (κ2) is 10.9. The summed E-state index contributed by atoms with van der Waals surface area (Å²) in [5.74, 6) is 0. The predicted octanol–water partition coefficient (Wildman–Crippen LogP) is 14.4. The first-order valence-corrected chi connectivity index (χ1v) is 15.2. The molecule has 0 saturated carbocycles. The van der Waals surface area contributed by atoms with E-state index in [1.54, 1.807) is 0 Å². The van der Waals surface area contributed by atoms with E-state index >= 15 is 0 Å². The predicted molar refractivity (Wildman–Crippen MR) is 218 cm³/mol. The molecule has 0 unspecified atom stereocenters. The van der Waals surface area contributed by atoms with Crippen LogP contribution in [-0.2, 0) is 0 Å². The van der Waals surface area contributed by atoms with E-state index in [0.717, 1.165) is 0 Å². The monoisotopic (exact) mass is 676 g/mol. The van der Waals surface area contributed by atoms with Gasteiger partial charge in [0.15, 0.2) is 0 Å². The summed E-state index contributed by atoms with van der Waals surface area (Å²) in [6.45, 7) is 0. The first-order valence-electron chi connectivity index (χ1n) is 30.2. The first kappa shape index (κ1) is 11.7. The minimum Gasteiger partial charge on any atom is -0.455 e. The number of hydrogen-bond acceptors (Lipinski definition) is 1. The summed E-state index contributed by atoms with van der Waals surface area (Å²) < 4.78 is 278. The Hall–Kier alpha value is -6.70. The molecule has 0 fully saturated rings. The number of furan rings is 1. The van der Waals surface area contributed by atoms with Gasteiger partial charge in [-0.25, -0.2) is 0 Å². The van der Waals surface area contributed by atoms with Crippen LogP contribution in [0.1, 0.15) is 41.1 Å². The molecule has 51 heavy (non-hydrogen) atoms. The van der Waals surface area contributed by atoms with Crippen LogP contribution < -0.4 is 0 Å². The summed E-state index contributed by atoms with van der Waals surface area (Å²) in [6.07, 6.45) is 0. The Labute approximate surface area is 336 Å². The summed E-state index contributed by atoms with van der Waals surface area (Å²) in [7, 11) is 0. The second-order valence-corrected chi connectivity index (χ2v) is 11.3. The van der Waals surface area contributed by atoms with Gasteiger partial charge in [-0.05, 0) is 106 Å². The highest BCUT2D eigenvalue weighted by molar-refractivity contribution is 6.24. The zero-order valence-corrected chi connectivity index (χ0v) is 25.4. The van der Waals surface area contributed by atoms with Crippen LogP contribution in [0, 0.1) is 0 Å². The smallest absolute Gasteiger partial charge is 0.143 e. The topological polar surface area (TPSA) is 13.1 Å². The van der Waals surface area contributed by atoms with Gasteiger partial charge in [0.05, 0.1) is 41.1 Å². The molecule has 0 amide bonds. The van der Waals surface area contributed by atoms with Crippen molar-refractivity contribution in [3.8, 4) is 33.4 Å². The standard InChI is InChI=1S/C50H30O/c1-3-14-37-31(11-1)13-9-21-40(37)48-43-18-7-5-16-41(43)47(42-17-6-8-19-44(42)48)36-26-24-33-29-35(25-23-34(33)30-36)38-20-10-22-46-49(38)45-28-27-32-12-2-4-15-39(32)50(45)51-46/h1-30H/i1D,2D,3D,4D,5D,6D,7D,8D,9D,10D,11D,12D,13D,14D,15D,16D,17D,18D,19D,20D,21D,22D,23D,24D,25D,26D,27D,28D,29D,30D. The van der Waals surface area contributed by atoms with E-state index < -0.39 is 290 Å². The third-order valence-corrected chi connectivity index (χ3v) is 8.56. The maximum Gasteiger partial charge on any atom is 0.143 e. The highest BCUT2D eigenvalue weighted by Gasteiger charge is 2.19. The van der Waals surface area contributed by atoms with E-state index in [0.29, 0.717) is 0 Å². The Morgan fingerprint density at radius 3 is 1.57 bits per heavy atom. The van der Waals surface area contributed by atoms with Crippen molar-refractivity contribution in [2.75, 3.05) is 0 Å². The van der Waals surface area contributed by atoms with Crippen molar-refractivity contribution in [3.63, 3.8) is 0 Å². The largest absolute Gasteiger partial charge is 0.455 e. The molecule has 0 spiro atoms. The molecule has 1 heterocycles. The number of hydrogen-bond donors (Lipinski definition) is 0. The van der Waals surface area contributed by atoms with Gasteiger partial charge in [0, 0.05) is 16.2 Å². The van der Waals surface area contributed by atoms with Gasteiger partial charge in [0.2, 0.25) is 0 Å². The Morgan fingerprint density at radius 2 is 0.843 bits per heavy atom. The fourth-order valence-electron chi connectivity index (χ4n) is 6.41.